The summed E-state index contributed by atoms with van der Waals surface area (Å²) in [6.07, 6.45) is 3.32. The van der Waals surface area contributed by atoms with E-state index in [-0.39, 0.29) is 5.91 Å². The van der Waals surface area contributed by atoms with E-state index in [9.17, 15) is 9.90 Å². The number of hydrogen-bond acceptors (Lipinski definition) is 2. The topological polar surface area (TPSA) is 40.5 Å². The zero-order valence-corrected chi connectivity index (χ0v) is 11.1. The highest BCUT2D eigenvalue weighted by atomic mass is 35.5. The Morgan fingerprint density at radius 1 is 1.11 bits per heavy atom. The highest BCUT2D eigenvalue weighted by molar-refractivity contribution is 6.30. The molecule has 0 spiro atoms. The average Bonchev–Trinajstić information content (AvgIpc) is 2.67. The summed E-state index contributed by atoms with van der Waals surface area (Å²) in [7, 11) is 0. The maximum Gasteiger partial charge on any atom is 0.256 e. The SMILES string of the molecule is O=C(C(O)c1ccc(Cl)cc1)N1CCCCCC1. The second-order valence-corrected chi connectivity index (χ2v) is 5.13. The summed E-state index contributed by atoms with van der Waals surface area (Å²) in [5.74, 6) is -0.195. The molecule has 2 rings (SSSR count). The lowest BCUT2D eigenvalue weighted by Crippen LogP contribution is -2.35. The first-order valence-corrected chi connectivity index (χ1v) is 6.78. The van der Waals surface area contributed by atoms with E-state index >= 15 is 0 Å². The van der Waals surface area contributed by atoms with Gasteiger partial charge in [0, 0.05) is 18.1 Å². The molecular formula is C14H18ClNO2. The van der Waals surface area contributed by atoms with Crippen LogP contribution in [-0.4, -0.2) is 29.0 Å². The van der Waals surface area contributed by atoms with E-state index in [4.69, 9.17) is 11.6 Å². The predicted octanol–water partition coefficient (Wildman–Crippen LogP) is 2.78. The minimum absolute atomic E-state index is 0.195. The second kappa shape index (κ2) is 6.21. The Bertz CT molecular complexity index is 397. The van der Waals surface area contributed by atoms with Crippen molar-refractivity contribution in [3.8, 4) is 0 Å². The summed E-state index contributed by atoms with van der Waals surface area (Å²) >= 11 is 5.79. The lowest BCUT2D eigenvalue weighted by molar-refractivity contribution is -0.140. The van der Waals surface area contributed by atoms with Crippen molar-refractivity contribution in [3.05, 3.63) is 34.9 Å². The fraction of sp³-hybridized carbons (Fsp3) is 0.500. The van der Waals surface area contributed by atoms with Gasteiger partial charge < -0.3 is 10.0 Å². The van der Waals surface area contributed by atoms with E-state index in [1.165, 1.54) is 12.8 Å². The zero-order valence-electron chi connectivity index (χ0n) is 10.3. The van der Waals surface area contributed by atoms with E-state index in [1.807, 2.05) is 0 Å². The first-order chi connectivity index (χ1) is 8.68. The number of carbonyl (C=O) groups is 1. The fourth-order valence-corrected chi connectivity index (χ4v) is 2.38. The van der Waals surface area contributed by atoms with Crippen molar-refractivity contribution < 1.29 is 9.90 Å². The van der Waals surface area contributed by atoms with E-state index in [0.717, 1.165) is 25.9 Å². The molecule has 1 atom stereocenters. The number of carbonyl (C=O) groups excluding carboxylic acids is 1. The van der Waals surface area contributed by atoms with Crippen molar-refractivity contribution in [2.75, 3.05) is 13.1 Å². The van der Waals surface area contributed by atoms with E-state index < -0.39 is 6.10 Å². The molecule has 3 nitrogen and oxygen atoms in total. The number of amides is 1. The minimum atomic E-state index is -1.07. The molecule has 1 heterocycles. The van der Waals surface area contributed by atoms with Gasteiger partial charge in [-0.25, -0.2) is 0 Å². The van der Waals surface area contributed by atoms with Gasteiger partial charge in [-0.1, -0.05) is 36.6 Å². The number of benzene rings is 1. The molecule has 4 heteroatoms. The normalized spacial score (nSPS) is 18.2. The summed E-state index contributed by atoms with van der Waals surface area (Å²) in [6.45, 7) is 1.51. The highest BCUT2D eigenvalue weighted by Gasteiger charge is 2.24. The average molecular weight is 268 g/mol. The van der Waals surface area contributed by atoms with Crippen LogP contribution in [0.5, 0.6) is 0 Å². The highest BCUT2D eigenvalue weighted by Crippen LogP contribution is 2.20. The minimum Gasteiger partial charge on any atom is -0.378 e. The summed E-state index contributed by atoms with van der Waals surface area (Å²) < 4.78 is 0. The molecule has 0 aliphatic carbocycles. The maximum absolute atomic E-state index is 12.2. The summed E-state index contributed by atoms with van der Waals surface area (Å²) in [6, 6.07) is 6.77. The Hall–Kier alpha value is -1.06. The number of hydrogen-bond donors (Lipinski definition) is 1. The molecule has 1 aromatic rings. The Balaban J connectivity index is 2.05. The lowest BCUT2D eigenvalue weighted by Gasteiger charge is -2.23. The van der Waals surface area contributed by atoms with Crippen LogP contribution >= 0.6 is 11.6 Å². The molecule has 18 heavy (non-hydrogen) atoms. The van der Waals surface area contributed by atoms with Crippen molar-refractivity contribution >= 4 is 17.5 Å². The Kier molecular flexibility index (Phi) is 4.61. The first kappa shape index (κ1) is 13.4. The summed E-state index contributed by atoms with van der Waals surface area (Å²) in [4.78, 5) is 13.9. The largest absolute Gasteiger partial charge is 0.378 e. The van der Waals surface area contributed by atoms with Gasteiger partial charge in [0.25, 0.3) is 5.91 Å². The number of likely N-dealkylation sites (tertiary alicyclic amines) is 1. The Morgan fingerprint density at radius 2 is 1.67 bits per heavy atom. The molecule has 1 aromatic carbocycles. The van der Waals surface area contributed by atoms with Gasteiger partial charge in [-0.05, 0) is 30.5 Å². The molecular weight excluding hydrogens is 250 g/mol. The van der Waals surface area contributed by atoms with Gasteiger partial charge >= 0.3 is 0 Å². The van der Waals surface area contributed by atoms with Crippen LogP contribution in [0.2, 0.25) is 5.02 Å². The van der Waals surface area contributed by atoms with Gasteiger partial charge in [-0.3, -0.25) is 4.79 Å². The Morgan fingerprint density at radius 3 is 2.22 bits per heavy atom. The van der Waals surface area contributed by atoms with Crippen molar-refractivity contribution in [1.82, 2.24) is 4.90 Å². The zero-order chi connectivity index (χ0) is 13.0. The van der Waals surface area contributed by atoms with Crippen LogP contribution < -0.4 is 0 Å². The van der Waals surface area contributed by atoms with Gasteiger partial charge in [0.2, 0.25) is 0 Å². The monoisotopic (exact) mass is 267 g/mol. The molecule has 1 fully saturated rings. The van der Waals surface area contributed by atoms with Crippen molar-refractivity contribution in [1.29, 1.82) is 0 Å². The smallest absolute Gasteiger partial charge is 0.256 e. The predicted molar refractivity (Wildman–Crippen MR) is 71.5 cm³/mol. The number of nitrogens with zero attached hydrogens (tertiary/aromatic N) is 1. The molecule has 1 aliphatic heterocycles. The van der Waals surface area contributed by atoms with Gasteiger partial charge in [0.05, 0.1) is 0 Å². The van der Waals surface area contributed by atoms with Crippen LogP contribution in [0.1, 0.15) is 37.4 Å². The third-order valence-corrected chi connectivity index (χ3v) is 3.59. The number of aliphatic hydroxyl groups excluding tert-OH is 1. The molecule has 0 bridgehead atoms. The summed E-state index contributed by atoms with van der Waals surface area (Å²) in [5.41, 5.74) is 0.605. The van der Waals surface area contributed by atoms with Crippen LogP contribution in [0.4, 0.5) is 0 Å². The quantitative estimate of drug-likeness (QED) is 0.895. The molecule has 1 unspecified atom stereocenters. The van der Waals surface area contributed by atoms with Crippen molar-refractivity contribution in [2.24, 2.45) is 0 Å². The molecule has 1 N–H and O–H groups in total. The van der Waals surface area contributed by atoms with Crippen molar-refractivity contribution in [2.45, 2.75) is 31.8 Å². The molecule has 98 valence electrons. The van der Waals surface area contributed by atoms with Gasteiger partial charge in [0.15, 0.2) is 6.10 Å². The molecule has 1 saturated heterocycles. The molecule has 0 saturated carbocycles. The fourth-order valence-electron chi connectivity index (χ4n) is 2.25. The molecule has 1 aliphatic rings. The number of rotatable bonds is 2. The number of halogens is 1. The number of aliphatic hydroxyl groups is 1. The van der Waals surface area contributed by atoms with E-state index in [0.29, 0.717) is 10.6 Å². The van der Waals surface area contributed by atoms with Crippen LogP contribution in [-0.2, 0) is 4.79 Å². The van der Waals surface area contributed by atoms with Crippen LogP contribution in [0.25, 0.3) is 0 Å². The molecule has 0 radical (unpaired) electrons. The van der Waals surface area contributed by atoms with E-state index in [2.05, 4.69) is 0 Å². The first-order valence-electron chi connectivity index (χ1n) is 6.41. The van der Waals surface area contributed by atoms with Gasteiger partial charge in [0.1, 0.15) is 0 Å². The molecule has 0 aromatic heterocycles. The molecule has 1 amide bonds. The third-order valence-electron chi connectivity index (χ3n) is 3.34. The van der Waals surface area contributed by atoms with Crippen LogP contribution in [0, 0.1) is 0 Å². The van der Waals surface area contributed by atoms with Crippen molar-refractivity contribution in [3.63, 3.8) is 0 Å². The Labute approximate surface area is 112 Å². The second-order valence-electron chi connectivity index (χ2n) is 4.69. The van der Waals surface area contributed by atoms with Crippen LogP contribution in [0.3, 0.4) is 0 Å². The summed E-state index contributed by atoms with van der Waals surface area (Å²) in [5, 5.41) is 10.7. The third kappa shape index (κ3) is 3.24. The standard InChI is InChI=1S/C14H18ClNO2/c15-12-7-5-11(6-8-12)13(17)14(18)16-9-3-1-2-4-10-16/h5-8,13,17H,1-4,9-10H2. The van der Waals surface area contributed by atoms with Gasteiger partial charge in [-0.15, -0.1) is 0 Å². The van der Waals surface area contributed by atoms with Gasteiger partial charge in [-0.2, -0.15) is 0 Å². The van der Waals surface area contributed by atoms with Crippen LogP contribution in [0.15, 0.2) is 24.3 Å². The lowest BCUT2D eigenvalue weighted by atomic mass is 10.1. The maximum atomic E-state index is 12.2. The van der Waals surface area contributed by atoms with E-state index in [1.54, 1.807) is 29.2 Å².